The van der Waals surface area contributed by atoms with Gasteiger partial charge in [0.05, 0.1) is 12.9 Å². The standard InChI is InChI=1S/C29H45N5O5Si2/c1-28(2,3)40(7,8)38-22-20(16-35)37-27(23(22)39-41(9,10)29(4,5)6)34-18-32-21-24(30-17-31-25(21)34)33-26(36)19-14-12-11-13-15-19/h11-15,17-18,20,22-23,27,35H,16H2,1-10H3,(H,30,31,33,36)/t20-,22-,23-,27-/m1/s1. The van der Waals surface area contributed by atoms with Gasteiger partial charge in [0.1, 0.15) is 24.6 Å². The number of hydrogen-bond donors (Lipinski definition) is 2. The molecule has 4 atom stereocenters. The van der Waals surface area contributed by atoms with E-state index in [1.54, 1.807) is 30.6 Å². The van der Waals surface area contributed by atoms with Crippen LogP contribution >= 0.6 is 0 Å². The maximum atomic E-state index is 12.9. The summed E-state index contributed by atoms with van der Waals surface area (Å²) in [6.45, 7) is 21.7. The third kappa shape index (κ3) is 6.32. The fraction of sp³-hybridized carbons (Fsp3) is 0.586. The number of carbonyl (C=O) groups excluding carboxylic acids is 1. The third-order valence-corrected chi connectivity index (χ3v) is 17.8. The monoisotopic (exact) mass is 599 g/mol. The molecule has 3 aromatic rings. The average molecular weight is 600 g/mol. The molecule has 1 aromatic carbocycles. The molecular formula is C29H45N5O5Si2. The number of amides is 1. The maximum absolute atomic E-state index is 12.9. The number of fused-ring (bicyclic) bond motifs is 1. The topological polar surface area (TPSA) is 121 Å². The van der Waals surface area contributed by atoms with E-state index in [1.165, 1.54) is 6.33 Å². The minimum absolute atomic E-state index is 0.0482. The second kappa shape index (κ2) is 11.3. The highest BCUT2D eigenvalue weighted by Crippen LogP contribution is 2.46. The smallest absolute Gasteiger partial charge is 0.256 e. The lowest BCUT2D eigenvalue weighted by molar-refractivity contribution is -0.0491. The summed E-state index contributed by atoms with van der Waals surface area (Å²) < 4.78 is 22.3. The number of hydrogen-bond acceptors (Lipinski definition) is 8. The SMILES string of the molecule is CC(C)(C)[Si](C)(C)O[C@@H]1[C@H](O[Si](C)(C)C(C)(C)C)[C@@H](CO)O[C@H]1n1cnc2c(NC(=O)c3ccccc3)ncnc21. The lowest BCUT2D eigenvalue weighted by atomic mass is 10.1. The Balaban J connectivity index is 1.76. The van der Waals surface area contributed by atoms with E-state index in [0.717, 1.165) is 0 Å². The average Bonchev–Trinajstić information content (AvgIpc) is 3.44. The van der Waals surface area contributed by atoms with Crippen molar-refractivity contribution in [3.63, 3.8) is 0 Å². The summed E-state index contributed by atoms with van der Waals surface area (Å²) in [5, 5.41) is 13.2. The highest BCUT2D eigenvalue weighted by atomic mass is 28.4. The zero-order valence-electron chi connectivity index (χ0n) is 25.9. The normalized spacial score (nSPS) is 22.3. The van der Waals surface area contributed by atoms with Crippen LogP contribution in [0.1, 0.15) is 58.1 Å². The van der Waals surface area contributed by atoms with Crippen LogP contribution in [0.25, 0.3) is 11.2 Å². The number of ether oxygens (including phenoxy) is 1. The van der Waals surface area contributed by atoms with Gasteiger partial charge in [0, 0.05) is 5.56 Å². The van der Waals surface area contributed by atoms with Crippen LogP contribution in [0.5, 0.6) is 0 Å². The zero-order valence-corrected chi connectivity index (χ0v) is 27.9. The summed E-state index contributed by atoms with van der Waals surface area (Å²) in [7, 11) is -4.59. The molecule has 0 unspecified atom stereocenters. The van der Waals surface area contributed by atoms with Crippen LogP contribution < -0.4 is 5.32 Å². The predicted molar refractivity (Wildman–Crippen MR) is 165 cm³/mol. The van der Waals surface area contributed by atoms with Gasteiger partial charge in [0.25, 0.3) is 5.91 Å². The van der Waals surface area contributed by atoms with Gasteiger partial charge in [0.15, 0.2) is 39.8 Å². The molecular weight excluding hydrogens is 555 g/mol. The largest absolute Gasteiger partial charge is 0.408 e. The molecule has 1 aliphatic rings. The van der Waals surface area contributed by atoms with Crippen molar-refractivity contribution in [1.82, 2.24) is 19.5 Å². The Labute approximate surface area is 245 Å². The van der Waals surface area contributed by atoms with Crippen LogP contribution in [0.15, 0.2) is 43.0 Å². The summed E-state index contributed by atoms with van der Waals surface area (Å²) in [4.78, 5) is 26.3. The first-order chi connectivity index (χ1) is 19.0. The molecule has 1 aliphatic heterocycles. The number of benzene rings is 1. The number of carbonyl (C=O) groups is 1. The first-order valence-corrected chi connectivity index (χ1v) is 19.9. The molecule has 0 radical (unpaired) electrons. The highest BCUT2D eigenvalue weighted by Gasteiger charge is 2.54. The van der Waals surface area contributed by atoms with E-state index in [4.69, 9.17) is 13.6 Å². The number of aliphatic hydroxyl groups is 1. The van der Waals surface area contributed by atoms with E-state index in [1.807, 2.05) is 10.6 Å². The van der Waals surface area contributed by atoms with Gasteiger partial charge in [-0.05, 0) is 48.4 Å². The summed E-state index contributed by atoms with van der Waals surface area (Å²) in [6, 6.07) is 8.93. The van der Waals surface area contributed by atoms with Crippen LogP contribution in [0.4, 0.5) is 5.82 Å². The van der Waals surface area contributed by atoms with Crippen LogP contribution in [0, 0.1) is 0 Å². The van der Waals surface area contributed by atoms with E-state index in [-0.39, 0.29) is 22.6 Å². The lowest BCUT2D eigenvalue weighted by Crippen LogP contribution is -2.53. The van der Waals surface area contributed by atoms with E-state index in [9.17, 15) is 9.90 Å². The summed E-state index contributed by atoms with van der Waals surface area (Å²) in [6.07, 6.45) is 0.766. The Bertz CT molecular complexity index is 1370. The van der Waals surface area contributed by atoms with Crippen molar-refractivity contribution in [1.29, 1.82) is 0 Å². The number of rotatable bonds is 8. The molecule has 224 valence electrons. The Morgan fingerprint density at radius 3 is 2.10 bits per heavy atom. The number of aromatic nitrogens is 4. The van der Waals surface area contributed by atoms with Crippen LogP contribution in [0.3, 0.4) is 0 Å². The van der Waals surface area contributed by atoms with E-state index < -0.39 is 41.2 Å². The van der Waals surface area contributed by atoms with Crippen molar-refractivity contribution in [2.45, 2.75) is 102 Å². The zero-order chi connectivity index (χ0) is 30.4. The van der Waals surface area contributed by atoms with Crippen LogP contribution in [0.2, 0.25) is 36.3 Å². The van der Waals surface area contributed by atoms with Gasteiger partial charge in [-0.15, -0.1) is 0 Å². The van der Waals surface area contributed by atoms with Crippen LogP contribution in [-0.4, -0.2) is 72.1 Å². The number of anilines is 1. The van der Waals surface area contributed by atoms with Crippen molar-refractivity contribution in [3.05, 3.63) is 48.5 Å². The summed E-state index contributed by atoms with van der Waals surface area (Å²) in [5.41, 5.74) is 1.43. The molecule has 0 bridgehead atoms. The molecule has 0 spiro atoms. The quantitative estimate of drug-likeness (QED) is 0.314. The van der Waals surface area contributed by atoms with Gasteiger partial charge < -0.3 is 24.0 Å². The molecule has 1 fully saturated rings. The maximum Gasteiger partial charge on any atom is 0.256 e. The van der Waals surface area contributed by atoms with Crippen molar-refractivity contribution < 1.29 is 23.5 Å². The van der Waals surface area contributed by atoms with Crippen molar-refractivity contribution in [2.24, 2.45) is 0 Å². The first kappa shape index (κ1) is 31.4. The molecule has 41 heavy (non-hydrogen) atoms. The van der Waals surface area contributed by atoms with Gasteiger partial charge in [-0.2, -0.15) is 0 Å². The molecule has 12 heteroatoms. The fourth-order valence-corrected chi connectivity index (χ4v) is 6.88. The number of nitrogens with zero attached hydrogens (tertiary/aromatic N) is 4. The minimum Gasteiger partial charge on any atom is -0.408 e. The molecule has 3 heterocycles. The highest BCUT2D eigenvalue weighted by molar-refractivity contribution is 6.74. The number of nitrogens with one attached hydrogen (secondary N) is 1. The fourth-order valence-electron chi connectivity index (χ4n) is 4.28. The molecule has 4 rings (SSSR count). The number of aliphatic hydroxyl groups excluding tert-OH is 1. The predicted octanol–water partition coefficient (Wildman–Crippen LogP) is 5.75. The van der Waals surface area contributed by atoms with Crippen LogP contribution in [-0.2, 0) is 13.6 Å². The Morgan fingerprint density at radius 1 is 0.951 bits per heavy atom. The van der Waals surface area contributed by atoms with Crippen molar-refractivity contribution >= 4 is 39.5 Å². The van der Waals surface area contributed by atoms with E-state index in [0.29, 0.717) is 22.5 Å². The van der Waals surface area contributed by atoms with E-state index >= 15 is 0 Å². The van der Waals surface area contributed by atoms with Gasteiger partial charge in [-0.3, -0.25) is 9.36 Å². The Hall–Kier alpha value is -2.49. The Kier molecular flexibility index (Phi) is 8.67. The molecule has 0 saturated carbocycles. The van der Waals surface area contributed by atoms with E-state index in [2.05, 4.69) is 88.0 Å². The molecule has 2 aromatic heterocycles. The molecule has 1 amide bonds. The van der Waals surface area contributed by atoms with Gasteiger partial charge in [-0.25, -0.2) is 15.0 Å². The third-order valence-electron chi connectivity index (χ3n) is 8.84. The first-order valence-electron chi connectivity index (χ1n) is 14.1. The summed E-state index contributed by atoms with van der Waals surface area (Å²) in [5.74, 6) is 0.00910. The van der Waals surface area contributed by atoms with Gasteiger partial charge in [0.2, 0.25) is 0 Å². The molecule has 10 nitrogen and oxygen atoms in total. The van der Waals surface area contributed by atoms with Gasteiger partial charge in [-0.1, -0.05) is 59.7 Å². The molecule has 1 saturated heterocycles. The second-order valence-corrected chi connectivity index (χ2v) is 23.3. The number of imidazole rings is 1. The van der Waals surface area contributed by atoms with Crippen molar-refractivity contribution in [2.75, 3.05) is 11.9 Å². The Morgan fingerprint density at radius 2 is 1.54 bits per heavy atom. The lowest BCUT2D eigenvalue weighted by Gasteiger charge is -2.44. The molecule has 2 N–H and O–H groups in total. The molecule has 0 aliphatic carbocycles. The summed E-state index contributed by atoms with van der Waals surface area (Å²) >= 11 is 0. The second-order valence-electron chi connectivity index (χ2n) is 13.8. The minimum atomic E-state index is -2.32. The van der Waals surface area contributed by atoms with Gasteiger partial charge >= 0.3 is 0 Å². The van der Waals surface area contributed by atoms with Crippen molar-refractivity contribution in [3.8, 4) is 0 Å².